The molecule has 2 unspecified atom stereocenters. The van der Waals surface area contributed by atoms with Crippen molar-refractivity contribution in [1.82, 2.24) is 10.2 Å². The number of nitrogens with two attached hydrogens (primary N) is 1. The first-order valence-electron chi connectivity index (χ1n) is 8.29. The third-order valence-corrected chi connectivity index (χ3v) is 5.07. The summed E-state index contributed by atoms with van der Waals surface area (Å²) in [5.74, 6) is 0.468. The SMILES string of the molecule is CCC1CN(CC(=O)NC2(C#N)CCCCC2)CCC1N. The number of carbonyl (C=O) groups is 1. The first-order valence-corrected chi connectivity index (χ1v) is 8.29. The lowest BCUT2D eigenvalue weighted by Crippen LogP contribution is -2.54. The molecule has 21 heavy (non-hydrogen) atoms. The monoisotopic (exact) mass is 292 g/mol. The number of piperidine rings is 1. The molecule has 2 aliphatic rings. The molecule has 1 heterocycles. The molecule has 0 spiro atoms. The number of amides is 1. The molecule has 0 aromatic heterocycles. The van der Waals surface area contributed by atoms with Crippen LogP contribution < -0.4 is 11.1 Å². The van der Waals surface area contributed by atoms with Crippen LogP contribution in [0.3, 0.4) is 0 Å². The van der Waals surface area contributed by atoms with Gasteiger partial charge in [-0.3, -0.25) is 9.69 Å². The number of hydrogen-bond acceptors (Lipinski definition) is 4. The predicted molar refractivity (Wildman–Crippen MR) is 82.4 cm³/mol. The van der Waals surface area contributed by atoms with E-state index in [1.807, 2.05) is 0 Å². The Morgan fingerprint density at radius 1 is 1.43 bits per heavy atom. The van der Waals surface area contributed by atoms with E-state index in [2.05, 4.69) is 23.2 Å². The van der Waals surface area contributed by atoms with Crippen molar-refractivity contribution in [3.05, 3.63) is 0 Å². The van der Waals surface area contributed by atoms with Crippen LogP contribution in [-0.2, 0) is 4.79 Å². The van der Waals surface area contributed by atoms with Crippen molar-refractivity contribution in [3.63, 3.8) is 0 Å². The van der Waals surface area contributed by atoms with Gasteiger partial charge in [-0.05, 0) is 25.2 Å². The van der Waals surface area contributed by atoms with Crippen molar-refractivity contribution < 1.29 is 4.79 Å². The maximum absolute atomic E-state index is 12.3. The quantitative estimate of drug-likeness (QED) is 0.820. The number of likely N-dealkylation sites (tertiary alicyclic amines) is 1. The summed E-state index contributed by atoms with van der Waals surface area (Å²) in [6.45, 7) is 4.32. The second-order valence-electron chi connectivity index (χ2n) is 6.66. The average molecular weight is 292 g/mol. The molecule has 118 valence electrons. The molecule has 0 aromatic rings. The fourth-order valence-electron chi connectivity index (χ4n) is 3.63. The molecule has 1 saturated heterocycles. The molecule has 5 nitrogen and oxygen atoms in total. The highest BCUT2D eigenvalue weighted by Crippen LogP contribution is 2.27. The maximum Gasteiger partial charge on any atom is 0.235 e. The van der Waals surface area contributed by atoms with Crippen molar-refractivity contribution in [2.24, 2.45) is 11.7 Å². The van der Waals surface area contributed by atoms with Gasteiger partial charge in [-0.25, -0.2) is 0 Å². The first kappa shape index (κ1) is 16.3. The van der Waals surface area contributed by atoms with Crippen LogP contribution in [0.5, 0.6) is 0 Å². The number of nitrogens with one attached hydrogen (secondary N) is 1. The molecule has 0 radical (unpaired) electrons. The Labute approximate surface area is 127 Å². The Hall–Kier alpha value is -1.12. The van der Waals surface area contributed by atoms with E-state index in [4.69, 9.17) is 5.73 Å². The highest BCUT2D eigenvalue weighted by Gasteiger charge is 2.34. The topological polar surface area (TPSA) is 82.2 Å². The Morgan fingerprint density at radius 3 is 2.76 bits per heavy atom. The second kappa shape index (κ2) is 7.24. The van der Waals surface area contributed by atoms with Crippen molar-refractivity contribution in [2.75, 3.05) is 19.6 Å². The minimum absolute atomic E-state index is 0.0104. The van der Waals surface area contributed by atoms with Crippen LogP contribution in [-0.4, -0.2) is 42.0 Å². The summed E-state index contributed by atoms with van der Waals surface area (Å²) in [6, 6.07) is 2.60. The van der Waals surface area contributed by atoms with Crippen LogP contribution in [0.25, 0.3) is 0 Å². The summed E-state index contributed by atoms with van der Waals surface area (Å²) in [5, 5.41) is 12.4. The van der Waals surface area contributed by atoms with Crippen LogP contribution in [0.4, 0.5) is 0 Å². The van der Waals surface area contributed by atoms with Gasteiger partial charge < -0.3 is 11.1 Å². The third kappa shape index (κ3) is 4.18. The zero-order valence-electron chi connectivity index (χ0n) is 13.1. The lowest BCUT2D eigenvalue weighted by molar-refractivity contribution is -0.124. The molecule has 1 aliphatic carbocycles. The molecule has 1 amide bonds. The number of nitriles is 1. The van der Waals surface area contributed by atoms with Crippen LogP contribution in [0.2, 0.25) is 0 Å². The van der Waals surface area contributed by atoms with Gasteiger partial charge >= 0.3 is 0 Å². The summed E-state index contributed by atoms with van der Waals surface area (Å²) < 4.78 is 0. The molecule has 3 N–H and O–H groups in total. The normalized spacial score (nSPS) is 29.6. The molecule has 2 atom stereocenters. The number of hydrogen-bond donors (Lipinski definition) is 2. The summed E-state index contributed by atoms with van der Waals surface area (Å²) in [7, 11) is 0. The zero-order valence-corrected chi connectivity index (χ0v) is 13.1. The zero-order chi connectivity index (χ0) is 15.3. The van der Waals surface area contributed by atoms with Crippen molar-refractivity contribution in [2.45, 2.75) is 63.5 Å². The van der Waals surface area contributed by atoms with E-state index in [9.17, 15) is 10.1 Å². The van der Waals surface area contributed by atoms with Crippen molar-refractivity contribution in [1.29, 1.82) is 5.26 Å². The maximum atomic E-state index is 12.3. The van der Waals surface area contributed by atoms with Gasteiger partial charge in [0.1, 0.15) is 5.54 Å². The highest BCUT2D eigenvalue weighted by atomic mass is 16.2. The standard InChI is InChI=1S/C16H28N4O/c1-2-13-10-20(9-6-14(13)18)11-15(21)19-16(12-17)7-4-3-5-8-16/h13-14H,2-11,18H2,1H3,(H,19,21). The second-order valence-corrected chi connectivity index (χ2v) is 6.66. The van der Waals surface area contributed by atoms with Gasteiger partial charge in [0.15, 0.2) is 0 Å². The average Bonchev–Trinajstić information content (AvgIpc) is 2.50. The van der Waals surface area contributed by atoms with Gasteiger partial charge in [0.2, 0.25) is 5.91 Å². The highest BCUT2D eigenvalue weighted by molar-refractivity contribution is 5.79. The molecule has 0 aromatic carbocycles. The molecule has 2 fully saturated rings. The molecular weight excluding hydrogens is 264 g/mol. The third-order valence-electron chi connectivity index (χ3n) is 5.07. The van der Waals surface area contributed by atoms with E-state index in [1.165, 1.54) is 6.42 Å². The van der Waals surface area contributed by atoms with E-state index < -0.39 is 5.54 Å². The van der Waals surface area contributed by atoms with Gasteiger partial charge in [-0.15, -0.1) is 0 Å². The van der Waals surface area contributed by atoms with Gasteiger partial charge in [0.25, 0.3) is 0 Å². The van der Waals surface area contributed by atoms with E-state index in [1.54, 1.807) is 0 Å². The number of rotatable bonds is 4. The number of nitrogens with zero attached hydrogens (tertiary/aromatic N) is 2. The van der Waals surface area contributed by atoms with Crippen LogP contribution in [0.1, 0.15) is 51.9 Å². The molecule has 1 saturated carbocycles. The lowest BCUT2D eigenvalue weighted by Gasteiger charge is -2.37. The minimum Gasteiger partial charge on any atom is -0.337 e. The smallest absolute Gasteiger partial charge is 0.235 e. The molecule has 0 bridgehead atoms. The molecule has 2 rings (SSSR count). The lowest BCUT2D eigenvalue weighted by atomic mass is 9.83. The predicted octanol–water partition coefficient (Wildman–Crippen LogP) is 1.39. The van der Waals surface area contributed by atoms with E-state index >= 15 is 0 Å². The van der Waals surface area contributed by atoms with Gasteiger partial charge in [-0.1, -0.05) is 32.6 Å². The van der Waals surface area contributed by atoms with Crippen LogP contribution >= 0.6 is 0 Å². The Morgan fingerprint density at radius 2 is 2.14 bits per heavy atom. The minimum atomic E-state index is -0.619. The Bertz CT molecular complexity index is 398. The molecular formula is C16H28N4O. The van der Waals surface area contributed by atoms with Crippen LogP contribution in [0.15, 0.2) is 0 Å². The number of carbonyl (C=O) groups excluding carboxylic acids is 1. The van der Waals surface area contributed by atoms with E-state index in [0.717, 1.165) is 51.6 Å². The summed E-state index contributed by atoms with van der Waals surface area (Å²) in [5.41, 5.74) is 5.48. The molecule has 5 heteroatoms. The van der Waals surface area contributed by atoms with Crippen LogP contribution in [0, 0.1) is 17.2 Å². The summed E-state index contributed by atoms with van der Waals surface area (Å²) in [6.07, 6.45) is 6.82. The van der Waals surface area contributed by atoms with Gasteiger partial charge in [0, 0.05) is 19.1 Å². The Kier molecular flexibility index (Phi) is 5.60. The fraction of sp³-hybridized carbons (Fsp3) is 0.875. The van der Waals surface area contributed by atoms with E-state index in [-0.39, 0.29) is 11.9 Å². The largest absolute Gasteiger partial charge is 0.337 e. The Balaban J connectivity index is 1.85. The van der Waals surface area contributed by atoms with Gasteiger partial charge in [0.05, 0.1) is 12.6 Å². The summed E-state index contributed by atoms with van der Waals surface area (Å²) >= 11 is 0. The van der Waals surface area contributed by atoms with Crippen molar-refractivity contribution in [3.8, 4) is 6.07 Å². The first-order chi connectivity index (χ1) is 10.1. The molecule has 1 aliphatic heterocycles. The summed E-state index contributed by atoms with van der Waals surface area (Å²) in [4.78, 5) is 14.5. The fourth-order valence-corrected chi connectivity index (χ4v) is 3.63. The van der Waals surface area contributed by atoms with Crippen molar-refractivity contribution >= 4 is 5.91 Å². The van der Waals surface area contributed by atoms with E-state index in [0.29, 0.717) is 12.5 Å². The van der Waals surface area contributed by atoms with Gasteiger partial charge in [-0.2, -0.15) is 5.26 Å².